The van der Waals surface area contributed by atoms with E-state index in [9.17, 15) is 13.2 Å². The minimum atomic E-state index is -3.60. The molecule has 11 heteroatoms. The number of sulfonamides is 1. The van der Waals surface area contributed by atoms with E-state index in [2.05, 4.69) is 20.8 Å². The Balaban J connectivity index is 1.61. The minimum Gasteiger partial charge on any atom is -0.330 e. The summed E-state index contributed by atoms with van der Waals surface area (Å²) in [5, 5.41) is 14.9. The van der Waals surface area contributed by atoms with Crippen molar-refractivity contribution in [1.29, 1.82) is 0 Å². The predicted molar refractivity (Wildman–Crippen MR) is 131 cm³/mol. The van der Waals surface area contributed by atoms with Gasteiger partial charge in [-0.25, -0.2) is 12.7 Å². The van der Waals surface area contributed by atoms with E-state index in [1.807, 2.05) is 32.0 Å². The lowest BCUT2D eigenvalue weighted by atomic mass is 10.1. The molecule has 3 aromatic rings. The lowest BCUT2D eigenvalue weighted by Gasteiger charge is -2.15. The van der Waals surface area contributed by atoms with Gasteiger partial charge in [0.05, 0.1) is 10.6 Å². The molecule has 0 aliphatic heterocycles. The third kappa shape index (κ3) is 5.66. The molecule has 0 unspecified atom stereocenters. The van der Waals surface area contributed by atoms with Crippen LogP contribution in [0.2, 0.25) is 0 Å². The van der Waals surface area contributed by atoms with Crippen LogP contribution in [0.25, 0.3) is 0 Å². The molecule has 8 nitrogen and oxygen atoms in total. The molecular weight excluding hydrogens is 466 g/mol. The molecule has 170 valence electrons. The molecule has 32 heavy (non-hydrogen) atoms. The van der Waals surface area contributed by atoms with Crippen LogP contribution in [-0.4, -0.2) is 48.7 Å². The van der Waals surface area contributed by atoms with Crippen molar-refractivity contribution in [3.63, 3.8) is 0 Å². The molecule has 2 aromatic carbocycles. The predicted octanol–water partition coefficient (Wildman–Crippen LogP) is 4.19. The Hall–Kier alpha value is -2.47. The summed E-state index contributed by atoms with van der Waals surface area (Å²) in [4.78, 5) is 12.6. The fourth-order valence-corrected chi connectivity index (χ4v) is 5.51. The minimum absolute atomic E-state index is 0.127. The second kappa shape index (κ2) is 9.99. The third-order valence-electron chi connectivity index (χ3n) is 4.81. The largest absolute Gasteiger partial charge is 0.330 e. The Kier molecular flexibility index (Phi) is 7.55. The number of benzene rings is 2. The molecule has 0 radical (unpaired) electrons. The van der Waals surface area contributed by atoms with Gasteiger partial charge in [-0.3, -0.25) is 4.79 Å². The number of aromatic nitrogens is 2. The second-order valence-corrected chi connectivity index (χ2v) is 11.7. The average molecular weight is 492 g/mol. The first-order valence-electron chi connectivity index (χ1n) is 9.70. The number of carbonyl (C=O) groups is 1. The zero-order valence-corrected chi connectivity index (χ0v) is 20.9. The van der Waals surface area contributed by atoms with Gasteiger partial charge in [0.1, 0.15) is 0 Å². The summed E-state index contributed by atoms with van der Waals surface area (Å²) in [6.07, 6.45) is 0. The fourth-order valence-electron chi connectivity index (χ4n) is 2.80. The van der Waals surface area contributed by atoms with E-state index in [-0.39, 0.29) is 16.6 Å². The van der Waals surface area contributed by atoms with E-state index in [1.165, 1.54) is 48.8 Å². The summed E-state index contributed by atoms with van der Waals surface area (Å²) in [5.74, 6) is -0.131. The van der Waals surface area contributed by atoms with E-state index >= 15 is 0 Å². The molecule has 0 spiro atoms. The maximum Gasteiger partial charge on any atom is 0.242 e. The number of nitrogens with zero attached hydrogens (tertiary/aromatic N) is 3. The summed E-state index contributed by atoms with van der Waals surface area (Å²) in [7, 11) is -0.648. The number of rotatable bonds is 8. The highest BCUT2D eigenvalue weighted by Crippen LogP contribution is 2.29. The summed E-state index contributed by atoms with van der Waals surface area (Å²) in [6, 6.07) is 10.8. The van der Waals surface area contributed by atoms with Crippen molar-refractivity contribution >= 4 is 55.5 Å². The first kappa shape index (κ1) is 24.2. The molecule has 3 rings (SSSR count). The second-order valence-electron chi connectivity index (χ2n) is 7.35. The van der Waals surface area contributed by atoms with Gasteiger partial charge in [-0.05, 0) is 55.7 Å². The molecule has 1 aromatic heterocycles. The molecule has 0 saturated carbocycles. The van der Waals surface area contributed by atoms with Gasteiger partial charge in [-0.15, -0.1) is 10.2 Å². The standard InChI is InChI=1S/C21H25N5O3S3/c1-13-7-6-8-17(15(13)3)23-20-24-25-21(31-20)30-12-19(27)22-16-10-9-14(2)18(11-16)32(28,29)26(4)5/h6-11H,12H2,1-5H3,(H,22,27)(H,23,24). The number of nitrogens with one attached hydrogen (secondary N) is 2. The van der Waals surface area contributed by atoms with Crippen LogP contribution in [0.1, 0.15) is 16.7 Å². The van der Waals surface area contributed by atoms with Gasteiger partial charge >= 0.3 is 0 Å². The van der Waals surface area contributed by atoms with Gasteiger partial charge in [-0.1, -0.05) is 41.3 Å². The zero-order valence-electron chi connectivity index (χ0n) is 18.5. The van der Waals surface area contributed by atoms with Crippen molar-refractivity contribution < 1.29 is 13.2 Å². The first-order chi connectivity index (χ1) is 15.1. The highest BCUT2D eigenvalue weighted by atomic mass is 32.2. The monoisotopic (exact) mass is 491 g/mol. The highest BCUT2D eigenvalue weighted by Gasteiger charge is 2.20. The number of thioether (sulfide) groups is 1. The van der Waals surface area contributed by atoms with Crippen molar-refractivity contribution in [3.8, 4) is 0 Å². The van der Waals surface area contributed by atoms with Crippen LogP contribution in [0.15, 0.2) is 45.6 Å². The quantitative estimate of drug-likeness (QED) is 0.455. The van der Waals surface area contributed by atoms with E-state index in [1.54, 1.807) is 19.1 Å². The van der Waals surface area contributed by atoms with Gasteiger partial charge in [0.25, 0.3) is 0 Å². The van der Waals surface area contributed by atoms with Gasteiger partial charge in [0, 0.05) is 25.5 Å². The first-order valence-corrected chi connectivity index (χ1v) is 12.9. The summed E-state index contributed by atoms with van der Waals surface area (Å²) in [5.41, 5.74) is 4.34. The molecule has 2 N–H and O–H groups in total. The van der Waals surface area contributed by atoms with Crippen molar-refractivity contribution in [2.24, 2.45) is 0 Å². The van der Waals surface area contributed by atoms with Crippen molar-refractivity contribution in [2.75, 3.05) is 30.5 Å². The Morgan fingerprint density at radius 3 is 2.56 bits per heavy atom. The zero-order chi connectivity index (χ0) is 23.5. The lowest BCUT2D eigenvalue weighted by Crippen LogP contribution is -2.23. The SMILES string of the molecule is Cc1ccc(NC(=O)CSc2nnc(Nc3cccc(C)c3C)s2)cc1S(=O)(=O)N(C)C. The molecule has 0 aliphatic carbocycles. The number of carbonyl (C=O) groups excluding carboxylic acids is 1. The topological polar surface area (TPSA) is 104 Å². The summed E-state index contributed by atoms with van der Waals surface area (Å²) < 4.78 is 26.7. The molecule has 0 atom stereocenters. The molecule has 0 bridgehead atoms. The van der Waals surface area contributed by atoms with Crippen LogP contribution >= 0.6 is 23.1 Å². The molecule has 1 amide bonds. The number of amides is 1. The third-order valence-corrected chi connectivity index (χ3v) is 8.74. The number of anilines is 3. The Labute approximate surface area is 196 Å². The fraction of sp³-hybridized carbons (Fsp3) is 0.286. The number of hydrogen-bond acceptors (Lipinski definition) is 8. The molecule has 0 saturated heterocycles. The Morgan fingerprint density at radius 1 is 1.09 bits per heavy atom. The highest BCUT2D eigenvalue weighted by molar-refractivity contribution is 8.01. The van der Waals surface area contributed by atoms with Crippen molar-refractivity contribution in [3.05, 3.63) is 53.1 Å². The van der Waals surface area contributed by atoms with E-state index < -0.39 is 10.0 Å². The normalized spacial score (nSPS) is 11.6. The molecule has 1 heterocycles. The summed E-state index contributed by atoms with van der Waals surface area (Å²) >= 11 is 2.64. The van der Waals surface area contributed by atoms with E-state index in [0.717, 1.165) is 15.6 Å². The lowest BCUT2D eigenvalue weighted by molar-refractivity contribution is -0.113. The number of hydrogen-bond donors (Lipinski definition) is 2. The smallest absolute Gasteiger partial charge is 0.242 e. The van der Waals surface area contributed by atoms with Gasteiger partial charge in [0.2, 0.25) is 21.1 Å². The maximum absolute atomic E-state index is 12.5. The number of aryl methyl sites for hydroxylation is 2. The van der Waals surface area contributed by atoms with Crippen LogP contribution in [0.4, 0.5) is 16.5 Å². The van der Waals surface area contributed by atoms with Gasteiger partial charge < -0.3 is 10.6 Å². The van der Waals surface area contributed by atoms with Crippen LogP contribution < -0.4 is 10.6 Å². The van der Waals surface area contributed by atoms with Crippen molar-refractivity contribution in [1.82, 2.24) is 14.5 Å². The van der Waals surface area contributed by atoms with Crippen LogP contribution in [-0.2, 0) is 14.8 Å². The van der Waals surface area contributed by atoms with Crippen molar-refractivity contribution in [2.45, 2.75) is 30.0 Å². The molecular formula is C21H25N5O3S3. The maximum atomic E-state index is 12.5. The van der Waals surface area contributed by atoms with Crippen LogP contribution in [0.5, 0.6) is 0 Å². The molecule has 0 fully saturated rings. The Bertz CT molecular complexity index is 1240. The average Bonchev–Trinajstić information content (AvgIpc) is 3.18. The van der Waals surface area contributed by atoms with Crippen LogP contribution in [0, 0.1) is 20.8 Å². The van der Waals surface area contributed by atoms with Crippen LogP contribution in [0.3, 0.4) is 0 Å². The summed E-state index contributed by atoms with van der Waals surface area (Å²) in [6.45, 7) is 5.81. The van der Waals surface area contributed by atoms with E-state index in [4.69, 9.17) is 0 Å². The Morgan fingerprint density at radius 2 is 1.84 bits per heavy atom. The van der Waals surface area contributed by atoms with E-state index in [0.29, 0.717) is 20.7 Å². The van der Waals surface area contributed by atoms with Gasteiger partial charge in [-0.2, -0.15) is 0 Å². The van der Waals surface area contributed by atoms with Gasteiger partial charge in [0.15, 0.2) is 4.34 Å². The molecule has 0 aliphatic rings.